The van der Waals surface area contributed by atoms with E-state index in [1.54, 1.807) is 0 Å². The van der Waals surface area contributed by atoms with E-state index in [0.29, 0.717) is 0 Å². The quantitative estimate of drug-likeness (QED) is 0.759. The second-order valence-corrected chi connectivity index (χ2v) is 4.58. The molecule has 0 spiro atoms. The summed E-state index contributed by atoms with van der Waals surface area (Å²) in [4.78, 5) is 8.57. The lowest BCUT2D eigenvalue weighted by molar-refractivity contribution is 1.14. The summed E-state index contributed by atoms with van der Waals surface area (Å²) in [5.41, 5.74) is 8.93. The van der Waals surface area contributed by atoms with Gasteiger partial charge < -0.3 is 11.1 Å². The van der Waals surface area contributed by atoms with E-state index in [1.807, 2.05) is 42.5 Å². The number of aryl methyl sites for hydroxylation is 1. The molecule has 20 heavy (non-hydrogen) atoms. The average molecular weight is 264 g/mol. The van der Waals surface area contributed by atoms with E-state index < -0.39 is 0 Å². The second-order valence-electron chi connectivity index (χ2n) is 4.58. The Morgan fingerprint density at radius 2 is 1.75 bits per heavy atom. The number of fused-ring (bicyclic) bond motifs is 1. The van der Waals surface area contributed by atoms with Crippen LogP contribution in [0.4, 0.5) is 17.5 Å². The molecule has 0 fully saturated rings. The van der Waals surface area contributed by atoms with E-state index >= 15 is 0 Å². The van der Waals surface area contributed by atoms with Crippen LogP contribution < -0.4 is 11.1 Å². The first kappa shape index (κ1) is 12.4. The number of nitrogens with one attached hydrogen (secondary N) is 1. The standard InChI is InChI=1S/C16H16N4/c1-2-11-7-3-5-9-13(11)18-15-12-8-4-6-10-14(12)19-16(17)20-15/h3-10H,2H2,1H3,(H3,17,18,19,20). The van der Waals surface area contributed by atoms with Crippen molar-refractivity contribution in [2.75, 3.05) is 11.1 Å². The Kier molecular flexibility index (Phi) is 3.21. The zero-order chi connectivity index (χ0) is 13.9. The van der Waals surface area contributed by atoms with Gasteiger partial charge in [0.25, 0.3) is 0 Å². The number of benzene rings is 2. The van der Waals surface area contributed by atoms with Crippen LogP contribution in [0.3, 0.4) is 0 Å². The zero-order valence-electron chi connectivity index (χ0n) is 11.3. The molecule has 0 aliphatic rings. The maximum Gasteiger partial charge on any atom is 0.222 e. The minimum absolute atomic E-state index is 0.278. The van der Waals surface area contributed by atoms with Crippen LogP contribution in [0, 0.1) is 0 Å². The first-order valence-corrected chi connectivity index (χ1v) is 6.65. The maximum absolute atomic E-state index is 5.79. The number of nitrogen functional groups attached to an aromatic ring is 1. The fourth-order valence-electron chi connectivity index (χ4n) is 2.27. The largest absolute Gasteiger partial charge is 0.368 e. The highest BCUT2D eigenvalue weighted by atomic mass is 15.1. The maximum atomic E-state index is 5.79. The highest BCUT2D eigenvalue weighted by Gasteiger charge is 2.07. The summed E-state index contributed by atoms with van der Waals surface area (Å²) < 4.78 is 0. The molecule has 0 amide bonds. The Bertz CT molecular complexity index is 752. The van der Waals surface area contributed by atoms with E-state index in [0.717, 1.165) is 28.8 Å². The number of aromatic nitrogens is 2. The van der Waals surface area contributed by atoms with Gasteiger partial charge in [0.05, 0.1) is 5.52 Å². The van der Waals surface area contributed by atoms with Crippen LogP contribution in [0.15, 0.2) is 48.5 Å². The molecule has 0 aliphatic heterocycles. The molecule has 4 heteroatoms. The van der Waals surface area contributed by atoms with Crippen molar-refractivity contribution in [3.8, 4) is 0 Å². The van der Waals surface area contributed by atoms with Crippen molar-refractivity contribution in [2.24, 2.45) is 0 Å². The van der Waals surface area contributed by atoms with Crippen molar-refractivity contribution in [1.82, 2.24) is 9.97 Å². The second kappa shape index (κ2) is 5.17. The molecule has 0 saturated carbocycles. The molecule has 3 rings (SSSR count). The van der Waals surface area contributed by atoms with Crippen LogP contribution in [0.25, 0.3) is 10.9 Å². The summed E-state index contributed by atoms with van der Waals surface area (Å²) in [5.74, 6) is 1.02. The molecule has 0 bridgehead atoms. The van der Waals surface area contributed by atoms with Gasteiger partial charge in [-0.1, -0.05) is 37.3 Å². The minimum atomic E-state index is 0.278. The summed E-state index contributed by atoms with van der Waals surface area (Å²) in [5, 5.41) is 4.34. The Labute approximate surface area is 117 Å². The van der Waals surface area contributed by atoms with Crippen molar-refractivity contribution in [2.45, 2.75) is 13.3 Å². The normalized spacial score (nSPS) is 10.7. The van der Waals surface area contributed by atoms with Crippen LogP contribution in [0.2, 0.25) is 0 Å². The molecule has 2 aromatic carbocycles. The molecular weight excluding hydrogens is 248 g/mol. The lowest BCUT2D eigenvalue weighted by atomic mass is 10.1. The lowest BCUT2D eigenvalue weighted by Gasteiger charge is -2.12. The molecule has 1 heterocycles. The smallest absolute Gasteiger partial charge is 0.222 e. The van der Waals surface area contributed by atoms with Crippen molar-refractivity contribution in [3.05, 3.63) is 54.1 Å². The third kappa shape index (κ3) is 2.28. The number of hydrogen-bond acceptors (Lipinski definition) is 4. The van der Waals surface area contributed by atoms with Gasteiger partial charge in [0.2, 0.25) is 5.95 Å². The van der Waals surface area contributed by atoms with E-state index in [4.69, 9.17) is 5.73 Å². The van der Waals surface area contributed by atoms with Gasteiger partial charge in [-0.15, -0.1) is 0 Å². The number of nitrogens with zero attached hydrogens (tertiary/aromatic N) is 2. The van der Waals surface area contributed by atoms with Gasteiger partial charge in [0.1, 0.15) is 5.82 Å². The molecule has 3 aromatic rings. The Morgan fingerprint density at radius 1 is 1.00 bits per heavy atom. The highest BCUT2D eigenvalue weighted by Crippen LogP contribution is 2.26. The molecule has 100 valence electrons. The lowest BCUT2D eigenvalue weighted by Crippen LogP contribution is -2.02. The zero-order valence-corrected chi connectivity index (χ0v) is 11.3. The van der Waals surface area contributed by atoms with Gasteiger partial charge in [-0.25, -0.2) is 4.98 Å². The van der Waals surface area contributed by atoms with Crippen LogP contribution in [0.1, 0.15) is 12.5 Å². The van der Waals surface area contributed by atoms with E-state index in [2.05, 4.69) is 28.3 Å². The first-order valence-electron chi connectivity index (χ1n) is 6.65. The fourth-order valence-corrected chi connectivity index (χ4v) is 2.27. The molecule has 0 saturated heterocycles. The summed E-state index contributed by atoms with van der Waals surface area (Å²) in [6.45, 7) is 2.13. The van der Waals surface area contributed by atoms with Crippen molar-refractivity contribution in [3.63, 3.8) is 0 Å². The van der Waals surface area contributed by atoms with E-state index in [-0.39, 0.29) is 5.95 Å². The number of hydrogen-bond donors (Lipinski definition) is 2. The molecule has 4 nitrogen and oxygen atoms in total. The SMILES string of the molecule is CCc1ccccc1Nc1nc(N)nc2ccccc12. The third-order valence-corrected chi connectivity index (χ3v) is 3.27. The summed E-state index contributed by atoms with van der Waals surface area (Å²) in [6.07, 6.45) is 0.960. The van der Waals surface area contributed by atoms with E-state index in [9.17, 15) is 0 Å². The molecule has 0 aliphatic carbocycles. The van der Waals surface area contributed by atoms with Gasteiger partial charge in [0, 0.05) is 11.1 Å². The van der Waals surface area contributed by atoms with Crippen LogP contribution >= 0.6 is 0 Å². The molecule has 1 aromatic heterocycles. The first-order chi connectivity index (χ1) is 9.78. The highest BCUT2D eigenvalue weighted by molar-refractivity contribution is 5.91. The molecule has 0 radical (unpaired) electrons. The minimum Gasteiger partial charge on any atom is -0.368 e. The van der Waals surface area contributed by atoms with Gasteiger partial charge in [-0.3, -0.25) is 0 Å². The summed E-state index contributed by atoms with van der Waals surface area (Å²) in [6, 6.07) is 16.0. The van der Waals surface area contributed by atoms with Crippen LogP contribution in [0.5, 0.6) is 0 Å². The van der Waals surface area contributed by atoms with Crippen LogP contribution in [-0.4, -0.2) is 9.97 Å². The predicted molar refractivity (Wildman–Crippen MR) is 83.1 cm³/mol. The van der Waals surface area contributed by atoms with Gasteiger partial charge >= 0.3 is 0 Å². The summed E-state index contributed by atoms with van der Waals surface area (Å²) >= 11 is 0. The topological polar surface area (TPSA) is 63.8 Å². The van der Waals surface area contributed by atoms with Crippen molar-refractivity contribution in [1.29, 1.82) is 0 Å². The number of nitrogens with two attached hydrogens (primary N) is 1. The Morgan fingerprint density at radius 3 is 2.60 bits per heavy atom. The van der Waals surface area contributed by atoms with Gasteiger partial charge in [-0.2, -0.15) is 4.98 Å². The van der Waals surface area contributed by atoms with Crippen molar-refractivity contribution >= 4 is 28.4 Å². The number of para-hydroxylation sites is 2. The Balaban J connectivity index is 2.10. The average Bonchev–Trinajstić information content (AvgIpc) is 2.47. The molecule has 0 atom stereocenters. The van der Waals surface area contributed by atoms with Crippen LogP contribution in [-0.2, 0) is 6.42 Å². The monoisotopic (exact) mass is 264 g/mol. The number of anilines is 3. The number of rotatable bonds is 3. The summed E-state index contributed by atoms with van der Waals surface area (Å²) in [7, 11) is 0. The fraction of sp³-hybridized carbons (Fsp3) is 0.125. The molecular formula is C16H16N4. The molecule has 3 N–H and O–H groups in total. The Hall–Kier alpha value is -2.62. The molecule has 0 unspecified atom stereocenters. The van der Waals surface area contributed by atoms with Gasteiger partial charge in [-0.05, 0) is 30.2 Å². The predicted octanol–water partition coefficient (Wildman–Crippen LogP) is 3.52. The third-order valence-electron chi connectivity index (χ3n) is 3.27. The van der Waals surface area contributed by atoms with E-state index in [1.165, 1.54) is 5.56 Å². The van der Waals surface area contributed by atoms with Crippen molar-refractivity contribution < 1.29 is 0 Å². The van der Waals surface area contributed by atoms with Gasteiger partial charge in [0.15, 0.2) is 0 Å².